The summed E-state index contributed by atoms with van der Waals surface area (Å²) in [5, 5.41) is 2.62. The molecule has 2 unspecified atom stereocenters. The molecule has 0 amide bonds. The summed E-state index contributed by atoms with van der Waals surface area (Å²) in [5.41, 5.74) is 4.02. The molecule has 0 bridgehead atoms. The van der Waals surface area contributed by atoms with Gasteiger partial charge < -0.3 is 4.74 Å². The molecule has 0 saturated carbocycles. The Labute approximate surface area is 159 Å². The van der Waals surface area contributed by atoms with E-state index in [1.54, 1.807) is 12.1 Å². The number of benzene rings is 3. The molecule has 140 valence electrons. The first kappa shape index (κ1) is 18.0. The van der Waals surface area contributed by atoms with Crippen molar-refractivity contribution in [3.8, 4) is 5.75 Å². The summed E-state index contributed by atoms with van der Waals surface area (Å²) < 4.78 is 29.4. The molecule has 0 N–H and O–H groups in total. The van der Waals surface area contributed by atoms with Gasteiger partial charge in [0.1, 0.15) is 5.75 Å². The van der Waals surface area contributed by atoms with Crippen LogP contribution in [0, 0.1) is 5.92 Å². The summed E-state index contributed by atoms with van der Waals surface area (Å²) in [6, 6.07) is 20.3. The number of halogens is 2. The third kappa shape index (κ3) is 3.55. The number of hydrogen-bond donors (Lipinski definition) is 0. The first-order valence-electron chi connectivity index (χ1n) is 9.72. The van der Waals surface area contributed by atoms with Crippen molar-refractivity contribution in [3.63, 3.8) is 0 Å². The summed E-state index contributed by atoms with van der Waals surface area (Å²) >= 11 is 0. The lowest BCUT2D eigenvalue weighted by molar-refractivity contribution is -0.0498. The number of rotatable bonds is 5. The zero-order valence-corrected chi connectivity index (χ0v) is 15.5. The normalized spacial score (nSPS) is 19.3. The largest absolute Gasteiger partial charge is 0.435 e. The lowest BCUT2D eigenvalue weighted by atomic mass is 9.69. The van der Waals surface area contributed by atoms with Crippen molar-refractivity contribution in [1.82, 2.24) is 0 Å². The molecule has 3 heteroatoms. The molecule has 27 heavy (non-hydrogen) atoms. The second kappa shape index (κ2) is 7.67. The van der Waals surface area contributed by atoms with Crippen LogP contribution in [0.5, 0.6) is 5.75 Å². The fourth-order valence-corrected chi connectivity index (χ4v) is 4.66. The van der Waals surface area contributed by atoms with Crippen molar-refractivity contribution in [2.45, 2.75) is 45.1 Å². The zero-order valence-electron chi connectivity index (χ0n) is 15.5. The Morgan fingerprint density at radius 2 is 1.78 bits per heavy atom. The van der Waals surface area contributed by atoms with Crippen LogP contribution in [0.15, 0.2) is 60.7 Å². The van der Waals surface area contributed by atoms with Crippen LogP contribution < -0.4 is 4.74 Å². The van der Waals surface area contributed by atoms with Gasteiger partial charge in [0.25, 0.3) is 0 Å². The minimum atomic E-state index is -2.79. The molecule has 1 aliphatic rings. The van der Waals surface area contributed by atoms with Gasteiger partial charge in [0.05, 0.1) is 0 Å². The van der Waals surface area contributed by atoms with Crippen LogP contribution in [0.3, 0.4) is 0 Å². The third-order valence-corrected chi connectivity index (χ3v) is 5.77. The highest BCUT2D eigenvalue weighted by Crippen LogP contribution is 2.45. The van der Waals surface area contributed by atoms with Gasteiger partial charge in [-0.1, -0.05) is 61.9 Å². The molecular weight excluding hydrogens is 342 g/mol. The predicted molar refractivity (Wildman–Crippen MR) is 106 cm³/mol. The zero-order chi connectivity index (χ0) is 18.8. The van der Waals surface area contributed by atoms with Crippen molar-refractivity contribution < 1.29 is 13.5 Å². The Balaban J connectivity index is 1.78. The van der Waals surface area contributed by atoms with E-state index in [0.717, 1.165) is 19.3 Å². The summed E-state index contributed by atoms with van der Waals surface area (Å²) in [5.74, 6) is 1.10. The number of fused-ring (bicyclic) bond motifs is 3. The molecule has 0 saturated heterocycles. The van der Waals surface area contributed by atoms with Crippen LogP contribution in [-0.2, 0) is 6.42 Å². The number of hydrogen-bond acceptors (Lipinski definition) is 1. The first-order valence-corrected chi connectivity index (χ1v) is 9.72. The fourth-order valence-electron chi connectivity index (χ4n) is 4.66. The molecule has 2 atom stereocenters. The van der Waals surface area contributed by atoms with Crippen LogP contribution in [-0.4, -0.2) is 6.61 Å². The van der Waals surface area contributed by atoms with Crippen molar-refractivity contribution >= 4 is 10.8 Å². The van der Waals surface area contributed by atoms with Crippen molar-refractivity contribution in [2.24, 2.45) is 5.92 Å². The van der Waals surface area contributed by atoms with Crippen molar-refractivity contribution in [1.29, 1.82) is 0 Å². The molecule has 0 radical (unpaired) electrons. The van der Waals surface area contributed by atoms with Gasteiger partial charge in [-0.3, -0.25) is 0 Å². The molecule has 0 spiro atoms. The maximum atomic E-state index is 12.5. The number of alkyl halides is 2. The van der Waals surface area contributed by atoms with Gasteiger partial charge in [0, 0.05) is 5.92 Å². The van der Waals surface area contributed by atoms with Crippen LogP contribution >= 0.6 is 0 Å². The van der Waals surface area contributed by atoms with Crippen molar-refractivity contribution in [3.05, 3.63) is 77.4 Å². The second-order valence-corrected chi connectivity index (χ2v) is 7.37. The average molecular weight is 366 g/mol. The SMILES string of the molecule is CCCC1CCc2c(ccc3ccccc23)C1c1ccc(OC(F)F)cc1. The highest BCUT2D eigenvalue weighted by Gasteiger charge is 2.31. The molecule has 0 aromatic heterocycles. The summed E-state index contributed by atoms with van der Waals surface area (Å²) in [7, 11) is 0. The van der Waals surface area contributed by atoms with E-state index in [-0.39, 0.29) is 5.75 Å². The Bertz CT molecular complexity index is 917. The molecule has 3 aromatic carbocycles. The highest BCUT2D eigenvalue weighted by molar-refractivity contribution is 5.87. The molecule has 0 heterocycles. The lowest BCUT2D eigenvalue weighted by Gasteiger charge is -2.35. The van der Waals surface area contributed by atoms with E-state index in [9.17, 15) is 8.78 Å². The van der Waals surface area contributed by atoms with E-state index in [2.05, 4.69) is 48.1 Å². The summed E-state index contributed by atoms with van der Waals surface area (Å²) in [6.45, 7) is -0.558. The standard InChI is InChI=1S/C24H24F2O/c1-2-5-17-11-14-21-20-7-4-3-6-16(20)10-15-22(21)23(17)18-8-12-19(13-9-18)27-24(25)26/h3-4,6-10,12-13,15,17,23-24H,2,5,11,14H2,1H3. The average Bonchev–Trinajstić information content (AvgIpc) is 2.68. The van der Waals surface area contributed by atoms with E-state index in [1.165, 1.54) is 33.9 Å². The maximum Gasteiger partial charge on any atom is 0.387 e. The molecule has 0 aliphatic heterocycles. The van der Waals surface area contributed by atoms with E-state index in [4.69, 9.17) is 0 Å². The van der Waals surface area contributed by atoms with E-state index in [0.29, 0.717) is 11.8 Å². The van der Waals surface area contributed by atoms with E-state index < -0.39 is 6.61 Å². The second-order valence-electron chi connectivity index (χ2n) is 7.37. The van der Waals surface area contributed by atoms with Crippen LogP contribution in [0.2, 0.25) is 0 Å². The van der Waals surface area contributed by atoms with Crippen molar-refractivity contribution in [2.75, 3.05) is 0 Å². The Morgan fingerprint density at radius 1 is 1.00 bits per heavy atom. The van der Waals surface area contributed by atoms with Crippen LogP contribution in [0.4, 0.5) is 8.78 Å². The van der Waals surface area contributed by atoms with Gasteiger partial charge in [-0.05, 0) is 64.8 Å². The van der Waals surface area contributed by atoms with E-state index in [1.807, 2.05) is 12.1 Å². The van der Waals surface area contributed by atoms with Gasteiger partial charge in [-0.15, -0.1) is 0 Å². The van der Waals surface area contributed by atoms with Gasteiger partial charge in [-0.2, -0.15) is 8.78 Å². The van der Waals surface area contributed by atoms with Crippen LogP contribution in [0.25, 0.3) is 10.8 Å². The van der Waals surface area contributed by atoms with Gasteiger partial charge in [0.15, 0.2) is 0 Å². The Morgan fingerprint density at radius 3 is 2.52 bits per heavy atom. The van der Waals surface area contributed by atoms with Gasteiger partial charge in [0.2, 0.25) is 0 Å². The molecule has 4 rings (SSSR count). The van der Waals surface area contributed by atoms with Gasteiger partial charge in [-0.25, -0.2) is 0 Å². The Kier molecular flexibility index (Phi) is 5.11. The molecular formula is C24H24F2O. The third-order valence-electron chi connectivity index (χ3n) is 5.77. The summed E-state index contributed by atoms with van der Waals surface area (Å²) in [6.07, 6.45) is 4.59. The molecule has 3 aromatic rings. The van der Waals surface area contributed by atoms with Gasteiger partial charge >= 0.3 is 6.61 Å². The summed E-state index contributed by atoms with van der Waals surface area (Å²) in [4.78, 5) is 0. The highest BCUT2D eigenvalue weighted by atomic mass is 19.3. The minimum Gasteiger partial charge on any atom is -0.435 e. The minimum absolute atomic E-state index is 0.218. The molecule has 1 aliphatic carbocycles. The number of aryl methyl sites for hydroxylation is 1. The molecule has 0 fully saturated rings. The Hall–Kier alpha value is -2.42. The number of ether oxygens (including phenoxy) is 1. The first-order chi connectivity index (χ1) is 13.2. The van der Waals surface area contributed by atoms with E-state index >= 15 is 0 Å². The van der Waals surface area contributed by atoms with Crippen LogP contribution in [0.1, 0.15) is 48.8 Å². The lowest BCUT2D eigenvalue weighted by Crippen LogP contribution is -2.22. The topological polar surface area (TPSA) is 9.23 Å². The monoisotopic (exact) mass is 366 g/mol. The quantitative estimate of drug-likeness (QED) is 0.475. The smallest absolute Gasteiger partial charge is 0.387 e. The maximum absolute atomic E-state index is 12.5. The predicted octanol–water partition coefficient (Wildman–Crippen LogP) is 6.94. The fraction of sp³-hybridized carbons (Fsp3) is 0.333. The molecule has 1 nitrogen and oxygen atoms in total.